The van der Waals surface area contributed by atoms with Gasteiger partial charge in [0.2, 0.25) is 0 Å². The summed E-state index contributed by atoms with van der Waals surface area (Å²) < 4.78 is 2.05. The minimum Gasteiger partial charge on any atom is -0.329 e. The maximum Gasteiger partial charge on any atom is 0.133 e. The summed E-state index contributed by atoms with van der Waals surface area (Å²) in [6.45, 7) is 0. The molecule has 0 amide bonds. The molecule has 0 fully saturated rings. The van der Waals surface area contributed by atoms with Crippen LogP contribution >= 0.6 is 23.2 Å². The van der Waals surface area contributed by atoms with E-state index in [2.05, 4.69) is 27.8 Å². The minimum atomic E-state index is 0.511. The van der Waals surface area contributed by atoms with Crippen molar-refractivity contribution in [3.05, 3.63) is 70.1 Å². The van der Waals surface area contributed by atoms with E-state index in [9.17, 15) is 0 Å². The normalized spacial score (nSPS) is 12.1. The molecule has 20 heavy (non-hydrogen) atoms. The van der Waals surface area contributed by atoms with E-state index >= 15 is 0 Å². The molecule has 0 radical (unpaired) electrons. The Morgan fingerprint density at radius 1 is 0.900 bits per heavy atom. The van der Waals surface area contributed by atoms with Gasteiger partial charge in [-0.2, -0.15) is 0 Å². The Kier molecular flexibility index (Phi) is 3.51. The summed E-state index contributed by atoms with van der Waals surface area (Å²) in [6.07, 6.45) is 0. The number of pyridine rings is 1. The molecule has 3 aromatic rings. The van der Waals surface area contributed by atoms with E-state index in [4.69, 9.17) is 23.2 Å². The fourth-order valence-electron chi connectivity index (χ4n) is 2.13. The molecule has 0 aliphatic heterocycles. The first-order valence-electron chi connectivity index (χ1n) is 6.20. The number of fused-ring (bicyclic) bond motifs is 1. The molecule has 0 spiro atoms. The van der Waals surface area contributed by atoms with Gasteiger partial charge in [-0.1, -0.05) is 41.4 Å². The maximum absolute atomic E-state index is 6.02. The van der Waals surface area contributed by atoms with Crippen LogP contribution in [0.2, 0.25) is 10.0 Å². The van der Waals surface area contributed by atoms with Crippen LogP contribution < -0.4 is 5.49 Å². The van der Waals surface area contributed by atoms with Gasteiger partial charge in [0.15, 0.2) is 0 Å². The van der Waals surface area contributed by atoms with Crippen LogP contribution in [0.1, 0.15) is 0 Å². The first-order chi connectivity index (χ1) is 9.65. The van der Waals surface area contributed by atoms with E-state index in [1.807, 2.05) is 31.3 Å². The van der Waals surface area contributed by atoms with Gasteiger partial charge in [0, 0.05) is 12.6 Å². The Bertz CT molecular complexity index is 850. The zero-order chi connectivity index (χ0) is 14.1. The summed E-state index contributed by atoms with van der Waals surface area (Å²) >= 11 is 11.9. The average Bonchev–Trinajstić information content (AvgIpc) is 2.46. The van der Waals surface area contributed by atoms with Crippen LogP contribution in [0.15, 0.2) is 59.6 Å². The van der Waals surface area contributed by atoms with Crippen molar-refractivity contribution in [1.29, 1.82) is 0 Å². The number of benzene rings is 2. The molecule has 0 atom stereocenters. The lowest BCUT2D eigenvalue weighted by Gasteiger charge is -2.06. The van der Waals surface area contributed by atoms with Crippen LogP contribution in [0.4, 0.5) is 5.69 Å². The molecule has 0 unspecified atom stereocenters. The van der Waals surface area contributed by atoms with Gasteiger partial charge in [0.05, 0.1) is 15.7 Å². The van der Waals surface area contributed by atoms with Crippen molar-refractivity contribution in [2.24, 2.45) is 12.0 Å². The second kappa shape index (κ2) is 5.31. The van der Waals surface area contributed by atoms with E-state index in [0.717, 1.165) is 16.7 Å². The number of halogens is 2. The quantitative estimate of drug-likeness (QED) is 0.619. The highest BCUT2D eigenvalue weighted by molar-refractivity contribution is 6.42. The summed E-state index contributed by atoms with van der Waals surface area (Å²) in [5, 5.41) is 2.23. The molecule has 0 aliphatic carbocycles. The molecule has 0 bridgehead atoms. The third kappa shape index (κ3) is 2.45. The van der Waals surface area contributed by atoms with E-state index in [-0.39, 0.29) is 0 Å². The first-order valence-corrected chi connectivity index (χ1v) is 6.95. The molecule has 100 valence electrons. The van der Waals surface area contributed by atoms with Crippen molar-refractivity contribution >= 4 is 39.8 Å². The fourth-order valence-corrected chi connectivity index (χ4v) is 2.42. The number of hydrogen-bond acceptors (Lipinski definition) is 1. The fraction of sp³-hybridized carbons (Fsp3) is 0.0625. The van der Waals surface area contributed by atoms with E-state index < -0.39 is 0 Å². The number of para-hydroxylation sites is 1. The maximum atomic E-state index is 6.02. The second-order valence-electron chi connectivity index (χ2n) is 4.52. The van der Waals surface area contributed by atoms with Crippen molar-refractivity contribution in [2.45, 2.75) is 0 Å². The lowest BCUT2D eigenvalue weighted by Crippen LogP contribution is -2.16. The first kappa shape index (κ1) is 13.2. The molecule has 2 nitrogen and oxygen atoms in total. The zero-order valence-electron chi connectivity index (χ0n) is 10.8. The SMILES string of the molecule is Cn1c(=Nc2ccc(Cl)c(Cl)c2)ccc2ccccc21. The smallest absolute Gasteiger partial charge is 0.133 e. The van der Waals surface area contributed by atoms with Crippen LogP contribution in [0.25, 0.3) is 10.9 Å². The zero-order valence-corrected chi connectivity index (χ0v) is 12.4. The van der Waals surface area contributed by atoms with Crippen molar-refractivity contribution < 1.29 is 0 Å². The molecule has 2 aromatic carbocycles. The summed E-state index contributed by atoms with van der Waals surface area (Å²) in [6, 6.07) is 17.6. The molecule has 4 heteroatoms. The van der Waals surface area contributed by atoms with E-state index in [1.54, 1.807) is 12.1 Å². The molecule has 0 N–H and O–H groups in total. The summed E-state index contributed by atoms with van der Waals surface area (Å²) in [7, 11) is 2.00. The van der Waals surface area contributed by atoms with Gasteiger partial charge >= 0.3 is 0 Å². The minimum absolute atomic E-state index is 0.511. The van der Waals surface area contributed by atoms with Crippen LogP contribution in [-0.2, 0) is 7.05 Å². The van der Waals surface area contributed by atoms with Gasteiger partial charge in [-0.25, -0.2) is 4.99 Å². The monoisotopic (exact) mass is 302 g/mol. The lowest BCUT2D eigenvalue weighted by atomic mass is 10.2. The van der Waals surface area contributed by atoms with Gasteiger partial charge in [0.25, 0.3) is 0 Å². The van der Waals surface area contributed by atoms with Crippen molar-refractivity contribution in [1.82, 2.24) is 4.57 Å². The topological polar surface area (TPSA) is 17.3 Å². The average molecular weight is 303 g/mol. The van der Waals surface area contributed by atoms with Gasteiger partial charge in [-0.3, -0.25) is 0 Å². The Hall–Kier alpha value is -1.77. The van der Waals surface area contributed by atoms with Gasteiger partial charge in [-0.15, -0.1) is 0 Å². The number of aryl methyl sites for hydroxylation is 1. The Labute approximate surface area is 126 Å². The predicted octanol–water partition coefficient (Wildman–Crippen LogP) is 4.72. The summed E-state index contributed by atoms with van der Waals surface area (Å²) in [5.41, 5.74) is 2.78. The highest BCUT2D eigenvalue weighted by atomic mass is 35.5. The predicted molar refractivity (Wildman–Crippen MR) is 84.6 cm³/mol. The molecule has 1 aromatic heterocycles. The molecular formula is C16H12Cl2N2. The van der Waals surface area contributed by atoms with Crippen LogP contribution in [0.3, 0.4) is 0 Å². The molecular weight excluding hydrogens is 291 g/mol. The van der Waals surface area contributed by atoms with Gasteiger partial charge in [-0.05, 0) is 41.8 Å². The summed E-state index contributed by atoms with van der Waals surface area (Å²) in [5.74, 6) is 0. The standard InChI is InChI=1S/C16H12Cl2N2/c1-20-15-5-3-2-4-11(15)6-9-16(20)19-12-7-8-13(17)14(18)10-12/h2-10H,1H3. The highest BCUT2D eigenvalue weighted by Gasteiger charge is 2.00. The van der Waals surface area contributed by atoms with Crippen LogP contribution in [0.5, 0.6) is 0 Å². The molecule has 0 saturated carbocycles. The molecule has 3 rings (SSSR count). The third-order valence-electron chi connectivity index (χ3n) is 3.20. The van der Waals surface area contributed by atoms with E-state index in [0.29, 0.717) is 10.0 Å². The largest absolute Gasteiger partial charge is 0.329 e. The number of aromatic nitrogens is 1. The molecule has 0 saturated heterocycles. The highest BCUT2D eigenvalue weighted by Crippen LogP contribution is 2.26. The van der Waals surface area contributed by atoms with E-state index in [1.165, 1.54) is 5.39 Å². The number of hydrogen-bond donors (Lipinski definition) is 0. The lowest BCUT2D eigenvalue weighted by molar-refractivity contribution is 0.877. The Morgan fingerprint density at radius 2 is 1.70 bits per heavy atom. The van der Waals surface area contributed by atoms with Gasteiger partial charge < -0.3 is 4.57 Å². The van der Waals surface area contributed by atoms with Crippen molar-refractivity contribution in [2.75, 3.05) is 0 Å². The van der Waals surface area contributed by atoms with Crippen molar-refractivity contribution in [3.8, 4) is 0 Å². The number of rotatable bonds is 1. The second-order valence-corrected chi connectivity index (χ2v) is 5.33. The number of nitrogens with zero attached hydrogens (tertiary/aromatic N) is 2. The molecule has 0 aliphatic rings. The Balaban J connectivity index is 2.20. The molecule has 1 heterocycles. The Morgan fingerprint density at radius 3 is 2.50 bits per heavy atom. The van der Waals surface area contributed by atoms with Crippen molar-refractivity contribution in [3.63, 3.8) is 0 Å². The van der Waals surface area contributed by atoms with Gasteiger partial charge in [0.1, 0.15) is 5.49 Å². The summed E-state index contributed by atoms with van der Waals surface area (Å²) in [4.78, 5) is 4.61. The van der Waals surface area contributed by atoms with Crippen LogP contribution in [0, 0.1) is 0 Å². The third-order valence-corrected chi connectivity index (χ3v) is 3.94. The van der Waals surface area contributed by atoms with Crippen LogP contribution in [-0.4, -0.2) is 4.57 Å².